The van der Waals surface area contributed by atoms with Gasteiger partial charge in [-0.25, -0.2) is 14.0 Å². The number of thioether (sulfide) groups is 2. The summed E-state index contributed by atoms with van der Waals surface area (Å²) in [4.78, 5) is 26.4. The number of anilines is 1. The van der Waals surface area contributed by atoms with Crippen molar-refractivity contribution in [2.24, 2.45) is 7.05 Å². The van der Waals surface area contributed by atoms with E-state index in [1.807, 2.05) is 42.7 Å². The van der Waals surface area contributed by atoms with Gasteiger partial charge in [0.25, 0.3) is 5.91 Å². The fourth-order valence-corrected chi connectivity index (χ4v) is 6.26. The van der Waals surface area contributed by atoms with E-state index in [1.54, 1.807) is 18.8 Å². The number of tetrazole rings is 1. The van der Waals surface area contributed by atoms with Gasteiger partial charge < -0.3 is 10.4 Å². The predicted molar refractivity (Wildman–Crippen MR) is 127 cm³/mol. The third kappa shape index (κ3) is 4.38. The molecule has 2 aliphatic rings. The van der Waals surface area contributed by atoms with Crippen molar-refractivity contribution in [1.29, 1.82) is 0 Å². The number of carboxylic acids is 1. The molecule has 2 aromatic heterocycles. The minimum atomic E-state index is -1.09. The Morgan fingerprint density at radius 1 is 1.26 bits per heavy atom. The molecule has 2 aliphatic heterocycles. The van der Waals surface area contributed by atoms with Crippen LogP contribution in [0.3, 0.4) is 0 Å². The van der Waals surface area contributed by atoms with E-state index >= 15 is 0 Å². The molecule has 1 amide bonds. The van der Waals surface area contributed by atoms with Crippen LogP contribution in [0.5, 0.6) is 0 Å². The zero-order valence-electron chi connectivity index (χ0n) is 18.2. The number of benzene rings is 1. The van der Waals surface area contributed by atoms with Crippen molar-refractivity contribution in [3.05, 3.63) is 71.7 Å². The summed E-state index contributed by atoms with van der Waals surface area (Å²) in [5.74, 6) is -0.403. The smallest absolute Gasteiger partial charge is 0.352 e. The molecule has 10 nitrogen and oxygen atoms in total. The first kappa shape index (κ1) is 22.4. The van der Waals surface area contributed by atoms with Gasteiger partial charge in [-0.1, -0.05) is 42.1 Å². The highest BCUT2D eigenvalue weighted by Gasteiger charge is 2.53. The first-order chi connectivity index (χ1) is 16.5. The third-order valence-corrected chi connectivity index (χ3v) is 8.06. The van der Waals surface area contributed by atoms with Gasteiger partial charge in [0.2, 0.25) is 5.16 Å². The lowest BCUT2D eigenvalue weighted by molar-refractivity contribution is -0.688. The molecule has 12 heteroatoms. The Labute approximate surface area is 204 Å². The van der Waals surface area contributed by atoms with Gasteiger partial charge in [-0.15, -0.1) is 16.9 Å². The summed E-state index contributed by atoms with van der Waals surface area (Å²) < 4.78 is 3.59. The van der Waals surface area contributed by atoms with Crippen LogP contribution in [0.1, 0.15) is 5.56 Å². The molecule has 174 valence electrons. The Kier molecular flexibility index (Phi) is 6.24. The fraction of sp³-hybridized carbons (Fsp3) is 0.273. The van der Waals surface area contributed by atoms with Crippen LogP contribution in [0.25, 0.3) is 0 Å². The van der Waals surface area contributed by atoms with Gasteiger partial charge in [0.15, 0.2) is 18.9 Å². The molecule has 2 atom stereocenters. The van der Waals surface area contributed by atoms with Crippen molar-refractivity contribution in [3.63, 3.8) is 0 Å². The van der Waals surface area contributed by atoms with Crippen molar-refractivity contribution in [2.45, 2.75) is 23.1 Å². The Balaban J connectivity index is 1.25. The molecule has 1 saturated heterocycles. The van der Waals surface area contributed by atoms with Crippen molar-refractivity contribution < 1.29 is 19.3 Å². The number of nitrogens with one attached hydrogen (secondary N) is 1. The number of rotatable bonds is 8. The van der Waals surface area contributed by atoms with E-state index < -0.39 is 12.0 Å². The van der Waals surface area contributed by atoms with Gasteiger partial charge in [0, 0.05) is 41.9 Å². The van der Waals surface area contributed by atoms with E-state index in [-0.39, 0.29) is 17.0 Å². The maximum atomic E-state index is 13.0. The number of fused-ring (bicyclic) bond motifs is 1. The normalized spacial score (nSPS) is 19.6. The summed E-state index contributed by atoms with van der Waals surface area (Å²) >= 11 is 2.92. The molecule has 2 N–H and O–H groups in total. The minimum Gasteiger partial charge on any atom is -0.477 e. The number of hydrogen-bond donors (Lipinski definition) is 2. The average Bonchev–Trinajstić information content (AvgIpc) is 3.26. The molecule has 0 aliphatic carbocycles. The van der Waals surface area contributed by atoms with Crippen LogP contribution in [0.15, 0.2) is 71.3 Å². The van der Waals surface area contributed by atoms with Gasteiger partial charge in [-0.3, -0.25) is 9.69 Å². The van der Waals surface area contributed by atoms with Gasteiger partial charge >= 0.3 is 5.97 Å². The maximum absolute atomic E-state index is 13.0. The van der Waals surface area contributed by atoms with Gasteiger partial charge in [0.05, 0.1) is 0 Å². The second-order valence-electron chi connectivity index (χ2n) is 7.91. The van der Waals surface area contributed by atoms with Crippen LogP contribution in [-0.2, 0) is 23.2 Å². The zero-order chi connectivity index (χ0) is 23.7. The minimum absolute atomic E-state index is 0.0724. The number of aryl methyl sites for hydroxylation is 1. The molecular weight excluding hydrogens is 474 g/mol. The standard InChI is InChI=1S/C22H21N7O3S2/c1-27-22(24-25-26-27)34-13-15-12-33-20-17(19(30)29(20)18(15)21(31)32)23-16-7-9-28(10-8-16)11-14-5-3-2-4-6-14/h2-10,17,20H,11-13H2,1H3,(H,31,32)/p+1. The van der Waals surface area contributed by atoms with Crippen molar-refractivity contribution in [3.8, 4) is 0 Å². The number of aromatic nitrogens is 5. The summed E-state index contributed by atoms with van der Waals surface area (Å²) in [5.41, 5.74) is 2.78. The van der Waals surface area contributed by atoms with Crippen molar-refractivity contribution in [2.75, 3.05) is 16.8 Å². The highest BCUT2D eigenvalue weighted by molar-refractivity contribution is 8.01. The molecule has 34 heavy (non-hydrogen) atoms. The number of β-lactam (4-membered cyclic amide) rings is 1. The van der Waals surface area contributed by atoms with E-state index in [2.05, 4.69) is 37.5 Å². The summed E-state index contributed by atoms with van der Waals surface area (Å²) in [6.07, 6.45) is 3.92. The summed E-state index contributed by atoms with van der Waals surface area (Å²) in [7, 11) is 1.72. The second kappa shape index (κ2) is 9.47. The van der Waals surface area contributed by atoms with Crippen molar-refractivity contribution >= 4 is 41.1 Å². The van der Waals surface area contributed by atoms with Crippen LogP contribution in [0.2, 0.25) is 0 Å². The average molecular weight is 497 g/mol. The van der Waals surface area contributed by atoms with E-state index in [9.17, 15) is 14.7 Å². The molecule has 0 spiro atoms. The fourth-order valence-electron chi connectivity index (χ4n) is 3.92. The number of carboxylic acid groups (broad SMARTS) is 1. The van der Waals surface area contributed by atoms with Crippen LogP contribution < -0.4 is 9.88 Å². The van der Waals surface area contributed by atoms with Crippen molar-refractivity contribution in [1.82, 2.24) is 25.1 Å². The SMILES string of the molecule is Cn1nnnc1SCC1=C(C(=O)O)N2C(=O)C(Nc3cc[n+](Cc4ccccc4)cc3)C2SC1. The van der Waals surface area contributed by atoms with E-state index in [1.165, 1.54) is 26.9 Å². The number of hydrogen-bond acceptors (Lipinski definition) is 8. The summed E-state index contributed by atoms with van der Waals surface area (Å²) in [6.45, 7) is 0.758. The first-order valence-electron chi connectivity index (χ1n) is 10.6. The molecule has 5 rings (SSSR count). The Morgan fingerprint density at radius 2 is 2.03 bits per heavy atom. The van der Waals surface area contributed by atoms with E-state index in [4.69, 9.17) is 0 Å². The Hall–Kier alpha value is -3.38. The monoisotopic (exact) mass is 496 g/mol. The lowest BCUT2D eigenvalue weighted by Gasteiger charge is -2.49. The number of nitrogens with zero attached hydrogens (tertiary/aromatic N) is 6. The number of amides is 1. The second-order valence-corrected chi connectivity index (χ2v) is 9.96. The molecule has 0 bridgehead atoms. The van der Waals surface area contributed by atoms with Crippen LogP contribution in [0.4, 0.5) is 5.69 Å². The maximum Gasteiger partial charge on any atom is 0.352 e. The van der Waals surface area contributed by atoms with Gasteiger partial charge in [0.1, 0.15) is 17.1 Å². The Morgan fingerprint density at radius 3 is 2.71 bits per heavy atom. The molecule has 3 aromatic rings. The quantitative estimate of drug-likeness (QED) is 0.271. The largest absolute Gasteiger partial charge is 0.477 e. The predicted octanol–water partition coefficient (Wildman–Crippen LogP) is 1.37. The van der Waals surface area contributed by atoms with Gasteiger partial charge in [-0.2, -0.15) is 0 Å². The summed E-state index contributed by atoms with van der Waals surface area (Å²) in [5, 5.41) is 24.8. The number of aliphatic carboxylic acids is 1. The molecule has 0 radical (unpaired) electrons. The number of carbonyl (C=O) groups excluding carboxylic acids is 1. The zero-order valence-corrected chi connectivity index (χ0v) is 19.9. The number of carbonyl (C=O) groups is 2. The van der Waals surface area contributed by atoms with E-state index in [0.29, 0.717) is 22.2 Å². The molecule has 2 unspecified atom stereocenters. The van der Waals surface area contributed by atoms with Crippen LogP contribution in [0, 0.1) is 0 Å². The molecular formula is C22H22N7O3S2+. The highest BCUT2D eigenvalue weighted by Crippen LogP contribution is 2.42. The third-order valence-electron chi connectivity index (χ3n) is 5.63. The lowest BCUT2D eigenvalue weighted by Crippen LogP contribution is -2.67. The molecule has 1 aromatic carbocycles. The van der Waals surface area contributed by atoms with E-state index in [0.717, 1.165) is 12.2 Å². The highest BCUT2D eigenvalue weighted by atomic mass is 32.2. The van der Waals surface area contributed by atoms with Crippen LogP contribution in [-0.4, -0.2) is 65.0 Å². The number of pyridine rings is 1. The summed E-state index contributed by atoms with van der Waals surface area (Å²) in [6, 6.07) is 13.6. The van der Waals surface area contributed by atoms with Crippen LogP contribution >= 0.6 is 23.5 Å². The lowest BCUT2D eigenvalue weighted by atomic mass is 10.0. The molecule has 4 heterocycles. The topological polar surface area (TPSA) is 117 Å². The van der Waals surface area contributed by atoms with Gasteiger partial charge in [-0.05, 0) is 16.0 Å². The molecule has 1 fully saturated rings. The molecule has 0 saturated carbocycles. The Bertz CT molecular complexity index is 1250. The first-order valence-corrected chi connectivity index (χ1v) is 12.6.